The number of anilines is 2. The zero-order valence-corrected chi connectivity index (χ0v) is 11.8. The van der Waals surface area contributed by atoms with Crippen molar-refractivity contribution in [3.63, 3.8) is 0 Å². The van der Waals surface area contributed by atoms with Crippen LogP contribution in [0, 0.1) is 0 Å². The molecule has 0 aliphatic rings. The van der Waals surface area contributed by atoms with Gasteiger partial charge in [0.1, 0.15) is 0 Å². The number of carbonyl (C=O) groups is 1. The number of nitrogen functional groups attached to an aromatic ring is 1. The van der Waals surface area contributed by atoms with Gasteiger partial charge in [0.15, 0.2) is 0 Å². The van der Waals surface area contributed by atoms with Crippen LogP contribution >= 0.6 is 22.9 Å². The molecule has 0 aliphatic carbocycles. The predicted molar refractivity (Wildman–Crippen MR) is 83.4 cm³/mol. The lowest BCUT2D eigenvalue weighted by molar-refractivity contribution is 0.102. The zero-order chi connectivity index (χ0) is 14.1. The molecule has 100 valence electrons. The maximum Gasteiger partial charge on any atom is 0.257 e. The first kappa shape index (κ1) is 12.9. The number of fused-ring (bicyclic) bond motifs is 1. The average Bonchev–Trinajstić information content (AvgIpc) is 2.85. The number of rotatable bonds is 2. The molecule has 2 aromatic carbocycles. The third-order valence-electron chi connectivity index (χ3n) is 2.85. The van der Waals surface area contributed by atoms with Crippen molar-refractivity contribution >= 4 is 50.4 Å². The molecule has 0 atom stereocenters. The number of nitrogens with zero attached hydrogens (tertiary/aromatic N) is 1. The molecule has 0 radical (unpaired) electrons. The number of carbonyl (C=O) groups excluding carboxylic acids is 1. The number of nitrogens with one attached hydrogen (secondary N) is 1. The summed E-state index contributed by atoms with van der Waals surface area (Å²) in [5, 5.41) is 3.32. The molecule has 4 nitrogen and oxygen atoms in total. The molecule has 3 N–H and O–H groups in total. The number of thiazole rings is 1. The first-order valence-electron chi connectivity index (χ1n) is 5.83. The molecule has 1 amide bonds. The van der Waals surface area contributed by atoms with Crippen LogP contribution in [0.3, 0.4) is 0 Å². The van der Waals surface area contributed by atoms with Gasteiger partial charge >= 0.3 is 0 Å². The third kappa shape index (κ3) is 2.45. The summed E-state index contributed by atoms with van der Waals surface area (Å²) in [5.74, 6) is -0.261. The summed E-state index contributed by atoms with van der Waals surface area (Å²) in [4.78, 5) is 16.4. The van der Waals surface area contributed by atoms with Crippen LogP contribution in [0.4, 0.5) is 11.4 Å². The van der Waals surface area contributed by atoms with Crippen molar-refractivity contribution in [2.45, 2.75) is 0 Å². The molecule has 3 rings (SSSR count). The van der Waals surface area contributed by atoms with E-state index in [1.165, 1.54) is 11.3 Å². The Morgan fingerprint density at radius 3 is 2.90 bits per heavy atom. The van der Waals surface area contributed by atoms with Gasteiger partial charge in [0.25, 0.3) is 5.91 Å². The fourth-order valence-electron chi connectivity index (χ4n) is 1.87. The Hall–Kier alpha value is -2.11. The van der Waals surface area contributed by atoms with E-state index in [0.717, 1.165) is 10.2 Å². The SMILES string of the molecule is Nc1cc(Cl)ccc1C(=O)Nc1ccc2ncsc2c1. The number of benzene rings is 2. The highest BCUT2D eigenvalue weighted by Crippen LogP contribution is 2.23. The molecule has 0 aliphatic heterocycles. The lowest BCUT2D eigenvalue weighted by Gasteiger charge is -2.07. The van der Waals surface area contributed by atoms with Gasteiger partial charge in [-0.25, -0.2) is 4.98 Å². The average molecular weight is 304 g/mol. The van der Waals surface area contributed by atoms with E-state index in [4.69, 9.17) is 17.3 Å². The molecule has 0 fully saturated rings. The summed E-state index contributed by atoms with van der Waals surface area (Å²) in [6, 6.07) is 10.4. The van der Waals surface area contributed by atoms with Crippen LogP contribution in [0.2, 0.25) is 5.02 Å². The number of hydrogen-bond acceptors (Lipinski definition) is 4. The highest BCUT2D eigenvalue weighted by Gasteiger charge is 2.10. The summed E-state index contributed by atoms with van der Waals surface area (Å²) >= 11 is 7.34. The lowest BCUT2D eigenvalue weighted by atomic mass is 10.1. The minimum atomic E-state index is -0.261. The van der Waals surface area contributed by atoms with Crippen molar-refractivity contribution in [2.75, 3.05) is 11.1 Å². The standard InChI is InChI=1S/C14H10ClN3OS/c15-8-1-3-10(11(16)5-8)14(19)18-9-2-4-12-13(6-9)20-7-17-12/h1-7H,16H2,(H,18,19). The smallest absolute Gasteiger partial charge is 0.257 e. The summed E-state index contributed by atoms with van der Waals surface area (Å²) < 4.78 is 1.02. The van der Waals surface area contributed by atoms with E-state index < -0.39 is 0 Å². The van der Waals surface area contributed by atoms with Gasteiger partial charge in [-0.2, -0.15) is 0 Å². The number of aromatic nitrogens is 1. The first-order chi connectivity index (χ1) is 9.63. The molecular weight excluding hydrogens is 294 g/mol. The van der Waals surface area contributed by atoms with E-state index in [9.17, 15) is 4.79 Å². The molecule has 20 heavy (non-hydrogen) atoms. The van der Waals surface area contributed by atoms with Gasteiger partial charge in [-0.05, 0) is 36.4 Å². The molecular formula is C14H10ClN3OS. The maximum absolute atomic E-state index is 12.2. The van der Waals surface area contributed by atoms with Crippen LogP contribution in [0.1, 0.15) is 10.4 Å². The van der Waals surface area contributed by atoms with Gasteiger partial charge in [0.05, 0.1) is 21.3 Å². The Labute approximate surface area is 124 Å². The molecule has 3 aromatic rings. The van der Waals surface area contributed by atoms with Gasteiger partial charge in [-0.15, -0.1) is 11.3 Å². The zero-order valence-electron chi connectivity index (χ0n) is 10.3. The molecule has 0 bridgehead atoms. The molecule has 0 unspecified atom stereocenters. The summed E-state index contributed by atoms with van der Waals surface area (Å²) in [6.07, 6.45) is 0. The van der Waals surface area contributed by atoms with E-state index in [-0.39, 0.29) is 5.91 Å². The molecule has 1 aromatic heterocycles. The van der Waals surface area contributed by atoms with E-state index in [1.54, 1.807) is 23.7 Å². The van der Waals surface area contributed by atoms with E-state index in [0.29, 0.717) is 22.0 Å². The Kier molecular flexibility index (Phi) is 3.30. The second kappa shape index (κ2) is 5.11. The summed E-state index contributed by atoms with van der Waals surface area (Å²) in [5.41, 5.74) is 9.95. The molecule has 1 heterocycles. The second-order valence-corrected chi connectivity index (χ2v) is 5.54. The Morgan fingerprint density at radius 1 is 1.25 bits per heavy atom. The van der Waals surface area contributed by atoms with Crippen molar-refractivity contribution in [2.24, 2.45) is 0 Å². The number of halogens is 1. The predicted octanol–water partition coefficient (Wildman–Crippen LogP) is 3.78. The normalized spacial score (nSPS) is 10.7. The minimum absolute atomic E-state index is 0.261. The lowest BCUT2D eigenvalue weighted by Crippen LogP contribution is -2.13. The van der Waals surface area contributed by atoms with Gasteiger partial charge in [-0.3, -0.25) is 4.79 Å². The quantitative estimate of drug-likeness (QED) is 0.708. The van der Waals surface area contributed by atoms with E-state index in [1.807, 2.05) is 18.2 Å². The number of hydrogen-bond donors (Lipinski definition) is 2. The monoisotopic (exact) mass is 303 g/mol. The van der Waals surface area contributed by atoms with Crippen LogP contribution in [0.25, 0.3) is 10.2 Å². The van der Waals surface area contributed by atoms with Crippen LogP contribution in [-0.4, -0.2) is 10.9 Å². The first-order valence-corrected chi connectivity index (χ1v) is 7.09. The van der Waals surface area contributed by atoms with Gasteiger partial charge < -0.3 is 11.1 Å². The second-order valence-electron chi connectivity index (χ2n) is 4.22. The van der Waals surface area contributed by atoms with Crippen molar-refractivity contribution < 1.29 is 4.79 Å². The van der Waals surface area contributed by atoms with Crippen LogP contribution in [-0.2, 0) is 0 Å². The van der Waals surface area contributed by atoms with E-state index >= 15 is 0 Å². The molecule has 0 spiro atoms. The highest BCUT2D eigenvalue weighted by molar-refractivity contribution is 7.16. The van der Waals surface area contributed by atoms with Crippen LogP contribution in [0.5, 0.6) is 0 Å². The van der Waals surface area contributed by atoms with Gasteiger partial charge in [0, 0.05) is 16.4 Å². The number of amides is 1. The maximum atomic E-state index is 12.2. The fourth-order valence-corrected chi connectivity index (χ4v) is 2.77. The number of nitrogens with two attached hydrogens (primary N) is 1. The van der Waals surface area contributed by atoms with Gasteiger partial charge in [0.2, 0.25) is 0 Å². The largest absolute Gasteiger partial charge is 0.398 e. The summed E-state index contributed by atoms with van der Waals surface area (Å²) in [6.45, 7) is 0. The Balaban J connectivity index is 1.87. The van der Waals surface area contributed by atoms with Crippen molar-refractivity contribution in [1.29, 1.82) is 0 Å². The molecule has 6 heteroatoms. The molecule has 0 saturated carbocycles. The fraction of sp³-hybridized carbons (Fsp3) is 0. The Morgan fingerprint density at radius 2 is 2.10 bits per heavy atom. The summed E-state index contributed by atoms with van der Waals surface area (Å²) in [7, 11) is 0. The topological polar surface area (TPSA) is 68.0 Å². The third-order valence-corrected chi connectivity index (χ3v) is 3.87. The van der Waals surface area contributed by atoms with Crippen molar-refractivity contribution in [1.82, 2.24) is 4.98 Å². The van der Waals surface area contributed by atoms with Crippen LogP contribution in [0.15, 0.2) is 41.9 Å². The minimum Gasteiger partial charge on any atom is -0.398 e. The van der Waals surface area contributed by atoms with Gasteiger partial charge in [-0.1, -0.05) is 11.6 Å². The van der Waals surface area contributed by atoms with Crippen molar-refractivity contribution in [3.05, 3.63) is 52.5 Å². The van der Waals surface area contributed by atoms with E-state index in [2.05, 4.69) is 10.3 Å². The van der Waals surface area contributed by atoms with Crippen molar-refractivity contribution in [3.8, 4) is 0 Å². The Bertz CT molecular complexity index is 800. The van der Waals surface area contributed by atoms with Crippen LogP contribution < -0.4 is 11.1 Å². The molecule has 0 saturated heterocycles. The highest BCUT2D eigenvalue weighted by atomic mass is 35.5.